The summed E-state index contributed by atoms with van der Waals surface area (Å²) >= 11 is 0. The standard InChI is InChI=1S/C12H16NO2/c1-11(9-10-15-13-14)7-8-12-5-3-2-4-6-12/h2-6,8,11H,7,9-10H2,1H3. The molecule has 1 unspecified atom stereocenters. The average molecular weight is 206 g/mol. The minimum atomic E-state index is 0.410. The second-order valence-electron chi connectivity index (χ2n) is 3.65. The van der Waals surface area contributed by atoms with Crippen molar-refractivity contribution >= 4 is 0 Å². The van der Waals surface area contributed by atoms with Gasteiger partial charge in [0, 0.05) is 0 Å². The summed E-state index contributed by atoms with van der Waals surface area (Å²) in [5.41, 5.74) is 1.23. The van der Waals surface area contributed by atoms with Gasteiger partial charge in [0.1, 0.15) is 6.61 Å². The van der Waals surface area contributed by atoms with Crippen molar-refractivity contribution in [3.63, 3.8) is 0 Å². The van der Waals surface area contributed by atoms with Gasteiger partial charge in [-0.3, -0.25) is 0 Å². The molecular formula is C12H16NO2. The summed E-state index contributed by atoms with van der Waals surface area (Å²) in [7, 11) is 0. The van der Waals surface area contributed by atoms with Crippen molar-refractivity contribution in [2.75, 3.05) is 6.61 Å². The minimum absolute atomic E-state index is 0.410. The van der Waals surface area contributed by atoms with Gasteiger partial charge in [0.15, 0.2) is 5.34 Å². The molecule has 81 valence electrons. The second kappa shape index (κ2) is 6.98. The Hall–Kier alpha value is -1.38. The van der Waals surface area contributed by atoms with Crippen LogP contribution in [0.15, 0.2) is 35.7 Å². The van der Waals surface area contributed by atoms with E-state index in [1.165, 1.54) is 5.56 Å². The number of nitrogens with zero attached hydrogens (tertiary/aromatic N) is 1. The molecule has 1 rings (SSSR count). The van der Waals surface area contributed by atoms with Crippen molar-refractivity contribution in [1.29, 1.82) is 0 Å². The van der Waals surface area contributed by atoms with Crippen molar-refractivity contribution in [2.24, 2.45) is 11.3 Å². The topological polar surface area (TPSA) is 38.7 Å². The molecule has 0 spiro atoms. The molecule has 0 heterocycles. The van der Waals surface area contributed by atoms with E-state index >= 15 is 0 Å². The van der Waals surface area contributed by atoms with E-state index in [0.717, 1.165) is 12.8 Å². The molecule has 1 aromatic rings. The molecule has 0 aromatic heterocycles. The van der Waals surface area contributed by atoms with Crippen molar-refractivity contribution < 1.29 is 4.84 Å². The summed E-state index contributed by atoms with van der Waals surface area (Å²) in [4.78, 5) is 14.1. The number of hydrogen-bond donors (Lipinski definition) is 0. The monoisotopic (exact) mass is 206 g/mol. The fourth-order valence-corrected chi connectivity index (χ4v) is 1.34. The first-order chi connectivity index (χ1) is 7.33. The Balaban J connectivity index is 2.16. The maximum atomic E-state index is 9.69. The lowest BCUT2D eigenvalue weighted by atomic mass is 9.99. The second-order valence-corrected chi connectivity index (χ2v) is 3.65. The summed E-state index contributed by atoms with van der Waals surface area (Å²) in [5.74, 6) is 0.506. The van der Waals surface area contributed by atoms with Gasteiger partial charge in [-0.25, -0.2) is 0 Å². The van der Waals surface area contributed by atoms with E-state index in [1.807, 2.05) is 18.2 Å². The Morgan fingerprint density at radius 3 is 2.80 bits per heavy atom. The van der Waals surface area contributed by atoms with Gasteiger partial charge in [-0.05, 0) is 30.7 Å². The van der Waals surface area contributed by atoms with Crippen LogP contribution in [0, 0.1) is 17.2 Å². The van der Waals surface area contributed by atoms with Crippen LogP contribution >= 0.6 is 0 Å². The van der Waals surface area contributed by atoms with Crippen LogP contribution in [0.1, 0.15) is 25.3 Å². The molecule has 1 radical (unpaired) electrons. The average Bonchev–Trinajstić information content (AvgIpc) is 2.28. The van der Waals surface area contributed by atoms with Gasteiger partial charge in [0.2, 0.25) is 0 Å². The van der Waals surface area contributed by atoms with Gasteiger partial charge in [0.25, 0.3) is 0 Å². The van der Waals surface area contributed by atoms with E-state index in [1.54, 1.807) is 0 Å². The predicted octanol–water partition coefficient (Wildman–Crippen LogP) is 3.35. The third-order valence-corrected chi connectivity index (χ3v) is 2.31. The van der Waals surface area contributed by atoms with Gasteiger partial charge in [-0.1, -0.05) is 37.3 Å². The molecule has 0 N–H and O–H groups in total. The van der Waals surface area contributed by atoms with Gasteiger partial charge >= 0.3 is 0 Å². The van der Waals surface area contributed by atoms with E-state index in [4.69, 9.17) is 0 Å². The van der Waals surface area contributed by atoms with Crippen LogP contribution in [0.4, 0.5) is 0 Å². The van der Waals surface area contributed by atoms with Gasteiger partial charge in [-0.2, -0.15) is 0 Å². The van der Waals surface area contributed by atoms with Crippen LogP contribution in [-0.4, -0.2) is 6.61 Å². The Kier molecular flexibility index (Phi) is 5.44. The van der Waals surface area contributed by atoms with E-state index in [9.17, 15) is 4.91 Å². The summed E-state index contributed by atoms with van der Waals surface area (Å²) in [5, 5.41) is 2.37. The van der Waals surface area contributed by atoms with E-state index in [0.29, 0.717) is 12.5 Å². The molecule has 0 aliphatic carbocycles. The highest BCUT2D eigenvalue weighted by atomic mass is 16.7. The number of benzene rings is 1. The van der Waals surface area contributed by atoms with Gasteiger partial charge in [-0.15, -0.1) is 4.91 Å². The third-order valence-electron chi connectivity index (χ3n) is 2.31. The fraction of sp³-hybridized carbons (Fsp3) is 0.417. The zero-order valence-electron chi connectivity index (χ0n) is 8.93. The largest absolute Gasteiger partial charge is 0.364 e. The lowest BCUT2D eigenvalue weighted by Gasteiger charge is -2.09. The molecule has 0 saturated carbocycles. The van der Waals surface area contributed by atoms with Gasteiger partial charge < -0.3 is 4.84 Å². The highest BCUT2D eigenvalue weighted by Gasteiger charge is 2.03. The van der Waals surface area contributed by atoms with Crippen LogP contribution in [0.3, 0.4) is 0 Å². The highest BCUT2D eigenvalue weighted by Crippen LogP contribution is 2.14. The molecule has 1 atom stereocenters. The maximum Gasteiger partial charge on any atom is 0.155 e. The lowest BCUT2D eigenvalue weighted by molar-refractivity contribution is 0.126. The Bertz CT molecular complexity index is 274. The molecule has 0 aliphatic heterocycles. The zero-order chi connectivity index (χ0) is 10.9. The van der Waals surface area contributed by atoms with Crippen molar-refractivity contribution in [2.45, 2.75) is 19.8 Å². The first-order valence-corrected chi connectivity index (χ1v) is 5.16. The van der Waals surface area contributed by atoms with Crippen LogP contribution in [0.5, 0.6) is 0 Å². The number of hydrogen-bond acceptors (Lipinski definition) is 3. The molecule has 15 heavy (non-hydrogen) atoms. The minimum Gasteiger partial charge on any atom is -0.364 e. The quantitative estimate of drug-likeness (QED) is 0.390. The summed E-state index contributed by atoms with van der Waals surface area (Å²) in [6.07, 6.45) is 4.04. The van der Waals surface area contributed by atoms with E-state index in [-0.39, 0.29) is 0 Å². The molecular weight excluding hydrogens is 190 g/mol. The SMILES string of the molecule is CC(C[CH]c1ccccc1)CCON=O. The van der Waals surface area contributed by atoms with Crippen LogP contribution < -0.4 is 0 Å². The van der Waals surface area contributed by atoms with E-state index in [2.05, 4.69) is 35.7 Å². The summed E-state index contributed by atoms with van der Waals surface area (Å²) < 4.78 is 0. The van der Waals surface area contributed by atoms with Gasteiger partial charge in [0.05, 0.1) is 0 Å². The molecule has 0 aliphatic rings. The molecule has 0 saturated heterocycles. The molecule has 0 fully saturated rings. The maximum absolute atomic E-state index is 9.69. The normalized spacial score (nSPS) is 12.1. The fourth-order valence-electron chi connectivity index (χ4n) is 1.34. The van der Waals surface area contributed by atoms with Crippen molar-refractivity contribution in [3.05, 3.63) is 47.2 Å². The van der Waals surface area contributed by atoms with Crippen LogP contribution in [0.2, 0.25) is 0 Å². The molecule has 1 aromatic carbocycles. The smallest absolute Gasteiger partial charge is 0.155 e. The summed E-state index contributed by atoms with van der Waals surface area (Å²) in [6.45, 7) is 2.54. The third kappa shape index (κ3) is 5.15. The Labute approximate surface area is 90.4 Å². The molecule has 3 nitrogen and oxygen atoms in total. The lowest BCUT2D eigenvalue weighted by Crippen LogP contribution is -2.00. The molecule has 3 heteroatoms. The highest BCUT2D eigenvalue weighted by molar-refractivity contribution is 5.22. The van der Waals surface area contributed by atoms with Crippen molar-refractivity contribution in [1.82, 2.24) is 0 Å². The summed E-state index contributed by atoms with van der Waals surface area (Å²) in [6, 6.07) is 10.2. The number of rotatable bonds is 7. The van der Waals surface area contributed by atoms with Crippen LogP contribution in [-0.2, 0) is 4.84 Å². The molecule has 0 amide bonds. The zero-order valence-corrected chi connectivity index (χ0v) is 8.93. The predicted molar refractivity (Wildman–Crippen MR) is 60.0 cm³/mol. The van der Waals surface area contributed by atoms with Crippen molar-refractivity contribution in [3.8, 4) is 0 Å². The first-order valence-electron chi connectivity index (χ1n) is 5.16. The van der Waals surface area contributed by atoms with E-state index < -0.39 is 0 Å². The van der Waals surface area contributed by atoms with Crippen LogP contribution in [0.25, 0.3) is 0 Å². The molecule has 0 bridgehead atoms. The Morgan fingerprint density at radius 2 is 2.13 bits per heavy atom. The first kappa shape index (κ1) is 11.7. The Morgan fingerprint density at radius 1 is 1.40 bits per heavy atom.